The van der Waals surface area contributed by atoms with E-state index in [0.717, 1.165) is 12.1 Å². The normalized spacial score (nSPS) is 11.4. The SMILES string of the molecule is N#Cc1c(N)nc(SCc2csc(Nc3ccc(F)cc3F)n2)c(C#N)c1-c1ccc(OCC(O)CO)cc1. The molecule has 0 aliphatic heterocycles. The highest BCUT2D eigenvalue weighted by molar-refractivity contribution is 7.98. The number of nitrogens with two attached hydrogens (primary N) is 1. The summed E-state index contributed by atoms with van der Waals surface area (Å²) in [5.74, 6) is -0.734. The number of hydrogen-bond acceptors (Lipinski definition) is 11. The van der Waals surface area contributed by atoms with Crippen molar-refractivity contribution in [3.63, 3.8) is 0 Å². The number of ether oxygens (including phenoxy) is 1. The second-order valence-corrected chi connectivity index (χ2v) is 9.83. The summed E-state index contributed by atoms with van der Waals surface area (Å²) in [7, 11) is 0. The van der Waals surface area contributed by atoms with E-state index in [1.807, 2.05) is 6.07 Å². The zero-order chi connectivity index (χ0) is 27.9. The van der Waals surface area contributed by atoms with E-state index in [-0.39, 0.29) is 29.2 Å². The van der Waals surface area contributed by atoms with Gasteiger partial charge < -0.3 is 26.0 Å². The fourth-order valence-electron chi connectivity index (χ4n) is 3.43. The molecule has 4 aromatic rings. The van der Waals surface area contributed by atoms with Gasteiger partial charge in [0.15, 0.2) is 5.13 Å². The van der Waals surface area contributed by atoms with Gasteiger partial charge in [-0.05, 0) is 29.8 Å². The predicted octanol–water partition coefficient (Wildman–Crippen LogP) is 4.58. The number of benzene rings is 2. The third kappa shape index (κ3) is 6.60. The van der Waals surface area contributed by atoms with Gasteiger partial charge in [-0.2, -0.15) is 10.5 Å². The predicted molar refractivity (Wildman–Crippen MR) is 143 cm³/mol. The number of rotatable bonds is 10. The fraction of sp³-hybridized carbons (Fsp3) is 0.154. The van der Waals surface area contributed by atoms with Crippen LogP contribution in [-0.4, -0.2) is 39.5 Å². The van der Waals surface area contributed by atoms with Crippen LogP contribution in [0, 0.1) is 34.3 Å². The first-order valence-electron chi connectivity index (χ1n) is 11.3. The maximum atomic E-state index is 14.0. The number of nitrogen functional groups attached to an aromatic ring is 1. The number of aliphatic hydroxyl groups is 2. The lowest BCUT2D eigenvalue weighted by molar-refractivity contribution is 0.0536. The number of aromatic nitrogens is 2. The largest absolute Gasteiger partial charge is 0.491 e. The van der Waals surface area contributed by atoms with E-state index in [1.165, 1.54) is 29.2 Å². The monoisotopic (exact) mass is 566 g/mol. The molecule has 0 aliphatic rings. The molecule has 39 heavy (non-hydrogen) atoms. The molecule has 0 fully saturated rings. The van der Waals surface area contributed by atoms with Crippen LogP contribution in [0.4, 0.5) is 25.4 Å². The smallest absolute Gasteiger partial charge is 0.187 e. The first kappa shape index (κ1) is 27.8. The standard InChI is InChI=1S/C26H20F2N6O3S2/c27-15-3-6-22(21(28)7-15)33-26-32-16(13-39-26)12-38-25-20(9-30)23(19(8-29)24(31)34-25)14-1-4-18(5-2-14)37-11-17(36)10-35/h1-7,13,17,35-36H,10-12H2,(H2,31,34)(H,32,33). The summed E-state index contributed by atoms with van der Waals surface area (Å²) < 4.78 is 32.5. The number of halogens is 2. The van der Waals surface area contributed by atoms with Crippen LogP contribution in [0.25, 0.3) is 11.1 Å². The van der Waals surface area contributed by atoms with Crippen LogP contribution >= 0.6 is 23.1 Å². The molecule has 0 radical (unpaired) electrons. The van der Waals surface area contributed by atoms with Crippen molar-refractivity contribution in [1.29, 1.82) is 10.5 Å². The van der Waals surface area contributed by atoms with Gasteiger partial charge in [-0.3, -0.25) is 0 Å². The number of aliphatic hydroxyl groups excluding tert-OH is 2. The molecule has 4 rings (SSSR count). The zero-order valence-electron chi connectivity index (χ0n) is 20.1. The Kier molecular flexibility index (Phi) is 8.91. The van der Waals surface area contributed by atoms with E-state index in [1.54, 1.807) is 29.6 Å². The Labute approximate surface area is 230 Å². The number of thiazole rings is 1. The Morgan fingerprint density at radius 2 is 1.85 bits per heavy atom. The number of anilines is 3. The lowest BCUT2D eigenvalue weighted by Gasteiger charge is -2.14. The molecule has 0 spiro atoms. The highest BCUT2D eigenvalue weighted by Gasteiger charge is 2.21. The third-order valence-electron chi connectivity index (χ3n) is 5.29. The average Bonchev–Trinajstić information content (AvgIpc) is 3.39. The van der Waals surface area contributed by atoms with Crippen molar-refractivity contribution < 1.29 is 23.7 Å². The van der Waals surface area contributed by atoms with Crippen LogP contribution in [0.15, 0.2) is 52.9 Å². The average molecular weight is 567 g/mol. The second-order valence-electron chi connectivity index (χ2n) is 8.00. The van der Waals surface area contributed by atoms with E-state index >= 15 is 0 Å². The summed E-state index contributed by atoms with van der Waals surface area (Å²) in [6.45, 7) is -0.532. The van der Waals surface area contributed by atoms with Crippen LogP contribution < -0.4 is 15.8 Å². The van der Waals surface area contributed by atoms with Crippen molar-refractivity contribution in [2.45, 2.75) is 16.9 Å². The zero-order valence-corrected chi connectivity index (χ0v) is 21.7. The molecule has 198 valence electrons. The third-order valence-corrected chi connectivity index (χ3v) is 7.11. The van der Waals surface area contributed by atoms with Gasteiger partial charge in [0.1, 0.15) is 58.6 Å². The topological polar surface area (TPSA) is 161 Å². The summed E-state index contributed by atoms with van der Waals surface area (Å²) in [5.41, 5.74) is 7.88. The van der Waals surface area contributed by atoms with Crippen LogP contribution in [0.5, 0.6) is 5.75 Å². The Bertz CT molecular complexity index is 1570. The van der Waals surface area contributed by atoms with Crippen molar-refractivity contribution in [2.24, 2.45) is 0 Å². The van der Waals surface area contributed by atoms with Gasteiger partial charge >= 0.3 is 0 Å². The van der Waals surface area contributed by atoms with Crippen molar-refractivity contribution in [3.05, 3.63) is 76.3 Å². The summed E-state index contributed by atoms with van der Waals surface area (Å²) in [6, 6.07) is 13.9. The Morgan fingerprint density at radius 3 is 2.51 bits per heavy atom. The van der Waals surface area contributed by atoms with Crippen molar-refractivity contribution >= 4 is 39.7 Å². The molecule has 0 amide bonds. The van der Waals surface area contributed by atoms with E-state index < -0.39 is 24.3 Å². The van der Waals surface area contributed by atoms with Crippen LogP contribution in [0.1, 0.15) is 16.8 Å². The Morgan fingerprint density at radius 1 is 1.10 bits per heavy atom. The lowest BCUT2D eigenvalue weighted by atomic mass is 9.97. The van der Waals surface area contributed by atoms with E-state index in [2.05, 4.69) is 21.4 Å². The van der Waals surface area contributed by atoms with Gasteiger partial charge in [0.05, 0.1) is 23.6 Å². The molecule has 2 aromatic carbocycles. The van der Waals surface area contributed by atoms with Crippen LogP contribution in [0.2, 0.25) is 0 Å². The van der Waals surface area contributed by atoms with Gasteiger partial charge in [-0.1, -0.05) is 23.9 Å². The number of nitrogens with one attached hydrogen (secondary N) is 1. The number of nitriles is 2. The maximum absolute atomic E-state index is 14.0. The minimum Gasteiger partial charge on any atom is -0.491 e. The van der Waals surface area contributed by atoms with Crippen LogP contribution in [-0.2, 0) is 5.75 Å². The molecule has 2 heterocycles. The summed E-state index contributed by atoms with van der Waals surface area (Å²) in [6.07, 6.45) is -1.02. The first-order valence-corrected chi connectivity index (χ1v) is 13.1. The van der Waals surface area contributed by atoms with E-state index in [9.17, 15) is 24.4 Å². The quantitative estimate of drug-likeness (QED) is 0.200. The maximum Gasteiger partial charge on any atom is 0.187 e. The fourth-order valence-corrected chi connectivity index (χ4v) is 5.15. The molecule has 1 unspecified atom stereocenters. The molecule has 5 N–H and O–H groups in total. The molecule has 13 heteroatoms. The molecule has 0 saturated carbocycles. The lowest BCUT2D eigenvalue weighted by Crippen LogP contribution is -2.21. The molecular formula is C26H20F2N6O3S2. The molecule has 0 bridgehead atoms. The number of nitrogens with zero attached hydrogens (tertiary/aromatic N) is 4. The summed E-state index contributed by atoms with van der Waals surface area (Å²) >= 11 is 2.43. The van der Waals surface area contributed by atoms with Crippen molar-refractivity contribution in [2.75, 3.05) is 24.3 Å². The van der Waals surface area contributed by atoms with Gasteiger partial charge in [-0.15, -0.1) is 11.3 Å². The molecular weight excluding hydrogens is 546 g/mol. The van der Waals surface area contributed by atoms with Crippen LogP contribution in [0.3, 0.4) is 0 Å². The van der Waals surface area contributed by atoms with Gasteiger partial charge in [0.25, 0.3) is 0 Å². The minimum absolute atomic E-state index is 0.0344. The molecule has 9 nitrogen and oxygen atoms in total. The van der Waals surface area contributed by atoms with Gasteiger partial charge in [0, 0.05) is 22.8 Å². The van der Waals surface area contributed by atoms with E-state index in [4.69, 9.17) is 15.6 Å². The summed E-state index contributed by atoms with van der Waals surface area (Å²) in [4.78, 5) is 8.69. The Hall–Kier alpha value is -4.27. The second kappa shape index (κ2) is 12.5. The highest BCUT2D eigenvalue weighted by Crippen LogP contribution is 2.37. The molecule has 0 saturated heterocycles. The molecule has 2 aromatic heterocycles. The van der Waals surface area contributed by atoms with Crippen molar-refractivity contribution in [1.82, 2.24) is 9.97 Å². The van der Waals surface area contributed by atoms with Crippen molar-refractivity contribution in [3.8, 4) is 29.0 Å². The van der Waals surface area contributed by atoms with Gasteiger partial charge in [-0.25, -0.2) is 18.7 Å². The Balaban J connectivity index is 1.56. The molecule has 0 aliphatic carbocycles. The number of pyridine rings is 1. The number of thioether (sulfide) groups is 1. The highest BCUT2D eigenvalue weighted by atomic mass is 32.2. The number of hydrogen-bond donors (Lipinski definition) is 4. The molecule has 1 atom stereocenters. The summed E-state index contributed by atoms with van der Waals surface area (Å²) in [5, 5.41) is 43.4. The first-order chi connectivity index (χ1) is 18.8. The minimum atomic E-state index is -1.02. The van der Waals surface area contributed by atoms with Gasteiger partial charge in [0.2, 0.25) is 0 Å². The van der Waals surface area contributed by atoms with E-state index in [0.29, 0.717) is 38.5 Å².